The molecule has 3 aromatic rings. The third-order valence-electron chi connectivity index (χ3n) is 6.60. The smallest absolute Gasteiger partial charge is 0.241 e. The molecule has 2 aromatic carbocycles. The van der Waals surface area contributed by atoms with E-state index in [9.17, 15) is 4.79 Å². The molecule has 0 atom stereocenters. The third kappa shape index (κ3) is 5.48. The number of carbonyl (C=O) groups is 1. The topological polar surface area (TPSA) is 89.7 Å². The zero-order valence-electron chi connectivity index (χ0n) is 20.5. The highest BCUT2D eigenvalue weighted by Gasteiger charge is 2.26. The number of rotatable bonds is 5. The van der Waals surface area contributed by atoms with Crippen LogP contribution >= 0.6 is 0 Å². The van der Waals surface area contributed by atoms with Crippen LogP contribution in [0.1, 0.15) is 45.1 Å². The number of hydrogen-bond acceptors (Lipinski definition) is 7. The van der Waals surface area contributed by atoms with Gasteiger partial charge in [-0.25, -0.2) is 0 Å². The highest BCUT2D eigenvalue weighted by molar-refractivity contribution is 5.93. The first-order chi connectivity index (χ1) is 16.8. The lowest BCUT2D eigenvalue weighted by Crippen LogP contribution is -2.37. The molecule has 0 unspecified atom stereocenters. The van der Waals surface area contributed by atoms with Gasteiger partial charge < -0.3 is 19.3 Å². The first kappa shape index (κ1) is 23.4. The second-order valence-electron chi connectivity index (χ2n) is 10.2. The Kier molecular flexibility index (Phi) is 6.47. The summed E-state index contributed by atoms with van der Waals surface area (Å²) >= 11 is 0. The summed E-state index contributed by atoms with van der Waals surface area (Å²) in [5.74, 6) is 2.61. The average molecular weight is 477 g/mol. The van der Waals surface area contributed by atoms with Crippen LogP contribution in [0, 0.1) is 5.92 Å². The Morgan fingerprint density at radius 1 is 1.03 bits per heavy atom. The van der Waals surface area contributed by atoms with E-state index >= 15 is 0 Å². The SMILES string of the molecule is CC(C)(C)c1ccc(-c2noc(CN3CCC(C(=O)Nc4ccc5c(c4)OCCO5)CC3)n2)cc1. The van der Waals surface area contributed by atoms with E-state index in [1.165, 1.54) is 5.56 Å². The molecule has 184 valence electrons. The van der Waals surface area contributed by atoms with Crippen molar-refractivity contribution in [2.75, 3.05) is 31.6 Å². The van der Waals surface area contributed by atoms with Crippen LogP contribution in [0.5, 0.6) is 11.5 Å². The highest BCUT2D eigenvalue weighted by Crippen LogP contribution is 2.33. The number of nitrogens with zero attached hydrogens (tertiary/aromatic N) is 3. The minimum absolute atomic E-state index is 0.0287. The molecular formula is C27H32N4O4. The van der Waals surface area contributed by atoms with Crippen LogP contribution in [-0.2, 0) is 16.8 Å². The average Bonchev–Trinajstić information content (AvgIpc) is 3.32. The summed E-state index contributed by atoms with van der Waals surface area (Å²) in [5.41, 5.74) is 3.05. The molecule has 0 aliphatic carbocycles. The molecule has 8 heteroatoms. The molecule has 3 heterocycles. The van der Waals surface area contributed by atoms with Crippen molar-refractivity contribution in [1.82, 2.24) is 15.0 Å². The molecule has 35 heavy (non-hydrogen) atoms. The number of aromatic nitrogens is 2. The number of piperidine rings is 1. The van der Waals surface area contributed by atoms with Crippen molar-refractivity contribution in [2.24, 2.45) is 5.92 Å². The summed E-state index contributed by atoms with van der Waals surface area (Å²) in [4.78, 5) is 19.7. The summed E-state index contributed by atoms with van der Waals surface area (Å²) in [6.07, 6.45) is 1.57. The molecule has 1 saturated heterocycles. The van der Waals surface area contributed by atoms with Crippen molar-refractivity contribution in [3.8, 4) is 22.9 Å². The van der Waals surface area contributed by atoms with Crippen LogP contribution in [0.25, 0.3) is 11.4 Å². The predicted molar refractivity (Wildman–Crippen MR) is 132 cm³/mol. The monoisotopic (exact) mass is 476 g/mol. The first-order valence-electron chi connectivity index (χ1n) is 12.2. The van der Waals surface area contributed by atoms with Crippen LogP contribution in [0.4, 0.5) is 5.69 Å². The normalized spacial score (nSPS) is 16.8. The molecule has 0 radical (unpaired) electrons. The fourth-order valence-corrected chi connectivity index (χ4v) is 4.47. The Hall–Kier alpha value is -3.39. The lowest BCUT2D eigenvalue weighted by Gasteiger charge is -2.30. The number of ether oxygens (including phenoxy) is 2. The van der Waals surface area contributed by atoms with Crippen LogP contribution in [-0.4, -0.2) is 47.3 Å². The molecule has 0 bridgehead atoms. The van der Waals surface area contributed by atoms with E-state index in [0.717, 1.165) is 37.2 Å². The van der Waals surface area contributed by atoms with Gasteiger partial charge in [-0.15, -0.1) is 0 Å². The molecule has 1 amide bonds. The van der Waals surface area contributed by atoms with Crippen LogP contribution in [0.2, 0.25) is 0 Å². The molecule has 0 spiro atoms. The van der Waals surface area contributed by atoms with E-state index in [1.807, 2.05) is 30.3 Å². The maximum absolute atomic E-state index is 12.8. The van der Waals surface area contributed by atoms with Gasteiger partial charge in [-0.05, 0) is 49.0 Å². The Labute approximate surface area is 205 Å². The van der Waals surface area contributed by atoms with Gasteiger partial charge in [0.1, 0.15) is 13.2 Å². The van der Waals surface area contributed by atoms with Crippen molar-refractivity contribution in [3.63, 3.8) is 0 Å². The zero-order chi connectivity index (χ0) is 24.4. The minimum Gasteiger partial charge on any atom is -0.486 e. The second-order valence-corrected chi connectivity index (χ2v) is 10.2. The molecule has 0 saturated carbocycles. The van der Waals surface area contributed by atoms with Crippen molar-refractivity contribution in [2.45, 2.75) is 45.6 Å². The molecular weight excluding hydrogens is 444 g/mol. The zero-order valence-corrected chi connectivity index (χ0v) is 20.5. The van der Waals surface area contributed by atoms with Crippen molar-refractivity contribution < 1.29 is 18.8 Å². The van der Waals surface area contributed by atoms with Gasteiger partial charge in [0.15, 0.2) is 11.5 Å². The van der Waals surface area contributed by atoms with Crippen molar-refractivity contribution in [3.05, 3.63) is 53.9 Å². The number of anilines is 1. The number of fused-ring (bicyclic) bond motifs is 1. The van der Waals surface area contributed by atoms with Gasteiger partial charge >= 0.3 is 0 Å². The highest BCUT2D eigenvalue weighted by atomic mass is 16.6. The van der Waals surface area contributed by atoms with Crippen LogP contribution in [0.15, 0.2) is 47.0 Å². The standard InChI is InChI=1S/C27H32N4O4/c1-27(2,3)20-6-4-18(5-7-20)25-29-24(35-30-25)17-31-12-10-19(11-13-31)26(32)28-21-8-9-22-23(16-21)34-15-14-33-22/h4-9,16,19H,10-15,17H2,1-3H3,(H,28,32). The number of likely N-dealkylation sites (tertiary alicyclic amines) is 1. The van der Waals surface area contributed by atoms with Crippen LogP contribution in [0.3, 0.4) is 0 Å². The van der Waals surface area contributed by atoms with E-state index in [2.05, 4.69) is 53.3 Å². The Bertz CT molecular complexity index is 1170. The number of carbonyl (C=O) groups excluding carboxylic acids is 1. The lowest BCUT2D eigenvalue weighted by atomic mass is 9.87. The number of benzene rings is 2. The van der Waals surface area contributed by atoms with Gasteiger partial charge in [0.2, 0.25) is 17.6 Å². The molecule has 2 aliphatic heterocycles. The summed E-state index contributed by atoms with van der Waals surface area (Å²) in [6.45, 7) is 9.84. The summed E-state index contributed by atoms with van der Waals surface area (Å²) in [6, 6.07) is 13.8. The number of amides is 1. The molecule has 5 rings (SSSR count). The van der Waals surface area contributed by atoms with Crippen LogP contribution < -0.4 is 14.8 Å². The van der Waals surface area contributed by atoms with Gasteiger partial charge in [0.25, 0.3) is 0 Å². The maximum atomic E-state index is 12.8. The quantitative estimate of drug-likeness (QED) is 0.573. The van der Waals surface area contributed by atoms with Crippen molar-refractivity contribution in [1.29, 1.82) is 0 Å². The fourth-order valence-electron chi connectivity index (χ4n) is 4.47. The molecule has 2 aliphatic rings. The van der Waals surface area contributed by atoms with Gasteiger partial charge in [0.05, 0.1) is 6.54 Å². The maximum Gasteiger partial charge on any atom is 0.241 e. The summed E-state index contributed by atoms with van der Waals surface area (Å²) < 4.78 is 16.7. The van der Waals surface area contributed by atoms with Gasteiger partial charge in [0, 0.05) is 23.2 Å². The molecule has 8 nitrogen and oxygen atoms in total. The lowest BCUT2D eigenvalue weighted by molar-refractivity contribution is -0.121. The van der Waals surface area contributed by atoms with E-state index in [1.54, 1.807) is 0 Å². The molecule has 1 aromatic heterocycles. The number of hydrogen-bond donors (Lipinski definition) is 1. The predicted octanol–water partition coefficient (Wildman–Crippen LogP) is 4.66. The largest absolute Gasteiger partial charge is 0.486 e. The Morgan fingerprint density at radius 3 is 2.46 bits per heavy atom. The summed E-state index contributed by atoms with van der Waals surface area (Å²) in [5, 5.41) is 7.20. The minimum atomic E-state index is -0.0287. The Morgan fingerprint density at radius 2 is 1.74 bits per heavy atom. The second kappa shape index (κ2) is 9.70. The number of nitrogens with one attached hydrogen (secondary N) is 1. The van der Waals surface area contributed by atoms with E-state index in [-0.39, 0.29) is 17.2 Å². The molecule has 1 fully saturated rings. The Balaban J connectivity index is 1.12. The first-order valence-corrected chi connectivity index (χ1v) is 12.2. The molecule has 1 N–H and O–H groups in total. The van der Waals surface area contributed by atoms with Crippen molar-refractivity contribution >= 4 is 11.6 Å². The van der Waals surface area contributed by atoms with Gasteiger partial charge in [-0.1, -0.05) is 50.2 Å². The van der Waals surface area contributed by atoms with E-state index in [4.69, 9.17) is 14.0 Å². The third-order valence-corrected chi connectivity index (χ3v) is 6.60. The van der Waals surface area contributed by atoms with Gasteiger partial charge in [-0.3, -0.25) is 9.69 Å². The summed E-state index contributed by atoms with van der Waals surface area (Å²) in [7, 11) is 0. The van der Waals surface area contributed by atoms with E-state index < -0.39 is 0 Å². The fraction of sp³-hybridized carbons (Fsp3) is 0.444. The van der Waals surface area contributed by atoms with E-state index in [0.29, 0.717) is 43.0 Å². The van der Waals surface area contributed by atoms with Gasteiger partial charge in [-0.2, -0.15) is 4.98 Å².